The van der Waals surface area contributed by atoms with Gasteiger partial charge in [-0.2, -0.15) is 0 Å². The number of hydrogen-bond donors (Lipinski definition) is 0. The molecular weight excluding hydrogens is 266 g/mol. The highest BCUT2D eigenvalue weighted by atomic mass is 16.5. The summed E-state index contributed by atoms with van der Waals surface area (Å²) in [4.78, 5) is 13.2. The van der Waals surface area contributed by atoms with E-state index in [9.17, 15) is 4.79 Å². The Morgan fingerprint density at radius 2 is 1.90 bits per heavy atom. The highest BCUT2D eigenvalue weighted by Crippen LogP contribution is 2.20. The highest BCUT2D eigenvalue weighted by molar-refractivity contribution is 5.83. The molecule has 0 spiro atoms. The molecule has 0 atom stereocenters. The molecule has 4 nitrogen and oxygen atoms in total. The van der Waals surface area contributed by atoms with E-state index in [4.69, 9.17) is 9.47 Å². The van der Waals surface area contributed by atoms with Crippen LogP contribution in [0.1, 0.15) is 6.92 Å². The Kier molecular flexibility index (Phi) is 5.58. The van der Waals surface area contributed by atoms with E-state index in [1.165, 1.54) is 5.39 Å². The van der Waals surface area contributed by atoms with Gasteiger partial charge in [0.2, 0.25) is 0 Å². The van der Waals surface area contributed by atoms with Crippen molar-refractivity contribution in [1.82, 2.24) is 4.90 Å². The Bertz CT molecular complexity index is 597. The van der Waals surface area contributed by atoms with E-state index in [1.54, 1.807) is 6.92 Å². The second-order valence-corrected chi connectivity index (χ2v) is 4.90. The largest absolute Gasteiger partial charge is 0.492 e. The smallest absolute Gasteiger partial charge is 0.320 e. The van der Waals surface area contributed by atoms with E-state index in [1.807, 2.05) is 42.3 Å². The Balaban J connectivity index is 1.80. The van der Waals surface area contributed by atoms with E-state index < -0.39 is 0 Å². The molecule has 0 unspecified atom stereocenters. The first kappa shape index (κ1) is 15.3. The third-order valence-corrected chi connectivity index (χ3v) is 3.17. The van der Waals surface area contributed by atoms with Gasteiger partial charge in [0.05, 0.1) is 13.2 Å². The zero-order valence-electron chi connectivity index (χ0n) is 12.5. The summed E-state index contributed by atoms with van der Waals surface area (Å²) < 4.78 is 10.6. The summed E-state index contributed by atoms with van der Waals surface area (Å²) >= 11 is 0. The summed E-state index contributed by atoms with van der Waals surface area (Å²) in [6.45, 7) is 3.72. The van der Waals surface area contributed by atoms with Gasteiger partial charge in [0.15, 0.2) is 0 Å². The van der Waals surface area contributed by atoms with Crippen molar-refractivity contribution in [1.29, 1.82) is 0 Å². The lowest BCUT2D eigenvalue weighted by atomic mass is 10.1. The molecule has 0 fully saturated rings. The monoisotopic (exact) mass is 287 g/mol. The molecule has 112 valence electrons. The number of hydrogen-bond acceptors (Lipinski definition) is 4. The molecule has 0 N–H and O–H groups in total. The summed E-state index contributed by atoms with van der Waals surface area (Å²) in [5.41, 5.74) is 0. The van der Waals surface area contributed by atoms with Crippen molar-refractivity contribution in [2.75, 3.05) is 33.4 Å². The van der Waals surface area contributed by atoms with E-state index in [0.717, 1.165) is 11.1 Å². The molecule has 0 saturated heterocycles. The number of esters is 1. The van der Waals surface area contributed by atoms with Crippen molar-refractivity contribution in [3.63, 3.8) is 0 Å². The van der Waals surface area contributed by atoms with Crippen LogP contribution in [-0.2, 0) is 9.53 Å². The first-order valence-corrected chi connectivity index (χ1v) is 7.15. The molecular formula is C17H21NO3. The Labute approximate surface area is 125 Å². The van der Waals surface area contributed by atoms with Gasteiger partial charge in [-0.25, -0.2) is 0 Å². The van der Waals surface area contributed by atoms with E-state index >= 15 is 0 Å². The maximum absolute atomic E-state index is 11.3. The number of carbonyl (C=O) groups is 1. The summed E-state index contributed by atoms with van der Waals surface area (Å²) in [6, 6.07) is 14.2. The Hall–Kier alpha value is -2.07. The average molecular weight is 287 g/mol. The zero-order chi connectivity index (χ0) is 15.1. The lowest BCUT2D eigenvalue weighted by Gasteiger charge is -2.16. The van der Waals surface area contributed by atoms with Crippen molar-refractivity contribution in [2.24, 2.45) is 0 Å². The molecule has 2 aromatic rings. The van der Waals surface area contributed by atoms with Crippen molar-refractivity contribution in [3.8, 4) is 5.75 Å². The number of benzene rings is 2. The van der Waals surface area contributed by atoms with Gasteiger partial charge in [0.1, 0.15) is 12.4 Å². The molecule has 0 heterocycles. The number of fused-ring (bicyclic) bond motifs is 1. The number of rotatable bonds is 7. The second-order valence-electron chi connectivity index (χ2n) is 4.90. The maximum atomic E-state index is 11.3. The van der Waals surface area contributed by atoms with Gasteiger partial charge in [-0.3, -0.25) is 9.69 Å². The Morgan fingerprint density at radius 1 is 1.14 bits per heavy atom. The van der Waals surface area contributed by atoms with Crippen LogP contribution in [-0.4, -0.2) is 44.2 Å². The fourth-order valence-electron chi connectivity index (χ4n) is 2.08. The third-order valence-electron chi connectivity index (χ3n) is 3.17. The van der Waals surface area contributed by atoms with Crippen molar-refractivity contribution in [3.05, 3.63) is 42.5 Å². The zero-order valence-corrected chi connectivity index (χ0v) is 12.5. The number of ether oxygens (including phenoxy) is 2. The van der Waals surface area contributed by atoms with Gasteiger partial charge in [-0.1, -0.05) is 30.3 Å². The van der Waals surface area contributed by atoms with Crippen LogP contribution in [0.15, 0.2) is 42.5 Å². The maximum Gasteiger partial charge on any atom is 0.320 e. The van der Waals surface area contributed by atoms with Crippen LogP contribution in [0, 0.1) is 0 Å². The van der Waals surface area contributed by atoms with Gasteiger partial charge in [-0.05, 0) is 36.9 Å². The van der Waals surface area contributed by atoms with Crippen LogP contribution in [0.2, 0.25) is 0 Å². The standard InChI is InChI=1S/C17H21NO3/c1-3-20-17(19)13-18(2)10-11-21-16-9-8-14-6-4-5-7-15(14)12-16/h4-9,12H,3,10-11,13H2,1-2H3. The van der Waals surface area contributed by atoms with Gasteiger partial charge in [0, 0.05) is 6.54 Å². The average Bonchev–Trinajstić information content (AvgIpc) is 2.47. The van der Waals surface area contributed by atoms with Crippen LogP contribution in [0.5, 0.6) is 5.75 Å². The normalized spacial score (nSPS) is 10.8. The second kappa shape index (κ2) is 7.64. The minimum Gasteiger partial charge on any atom is -0.492 e. The fourth-order valence-corrected chi connectivity index (χ4v) is 2.08. The van der Waals surface area contributed by atoms with Gasteiger partial charge >= 0.3 is 5.97 Å². The first-order chi connectivity index (χ1) is 10.2. The van der Waals surface area contributed by atoms with Crippen LogP contribution in [0.3, 0.4) is 0 Å². The molecule has 0 aromatic heterocycles. The minimum absolute atomic E-state index is 0.203. The van der Waals surface area contributed by atoms with E-state index in [-0.39, 0.29) is 12.5 Å². The summed E-state index contributed by atoms with van der Waals surface area (Å²) in [6.07, 6.45) is 0. The fraction of sp³-hybridized carbons (Fsp3) is 0.353. The Morgan fingerprint density at radius 3 is 2.67 bits per heavy atom. The van der Waals surface area contributed by atoms with Crippen LogP contribution < -0.4 is 4.74 Å². The summed E-state index contributed by atoms with van der Waals surface area (Å²) in [5.74, 6) is 0.643. The van der Waals surface area contributed by atoms with Gasteiger partial charge in [-0.15, -0.1) is 0 Å². The number of likely N-dealkylation sites (N-methyl/N-ethyl adjacent to an activating group) is 1. The molecule has 4 heteroatoms. The lowest BCUT2D eigenvalue weighted by Crippen LogP contribution is -2.30. The van der Waals surface area contributed by atoms with Crippen molar-refractivity contribution in [2.45, 2.75) is 6.92 Å². The summed E-state index contributed by atoms with van der Waals surface area (Å²) in [5, 5.41) is 2.36. The van der Waals surface area contributed by atoms with Crippen molar-refractivity contribution >= 4 is 16.7 Å². The summed E-state index contributed by atoms with van der Waals surface area (Å²) in [7, 11) is 1.88. The predicted molar refractivity (Wildman–Crippen MR) is 83.6 cm³/mol. The molecule has 0 aliphatic rings. The molecule has 2 rings (SSSR count). The molecule has 0 amide bonds. The number of carbonyl (C=O) groups excluding carboxylic acids is 1. The third kappa shape index (κ3) is 4.76. The van der Waals surface area contributed by atoms with Crippen LogP contribution >= 0.6 is 0 Å². The van der Waals surface area contributed by atoms with Crippen molar-refractivity contribution < 1.29 is 14.3 Å². The number of nitrogens with zero attached hydrogens (tertiary/aromatic N) is 1. The van der Waals surface area contributed by atoms with Crippen LogP contribution in [0.4, 0.5) is 0 Å². The minimum atomic E-state index is -0.203. The van der Waals surface area contributed by atoms with Gasteiger partial charge < -0.3 is 9.47 Å². The van der Waals surface area contributed by atoms with Crippen LogP contribution in [0.25, 0.3) is 10.8 Å². The molecule has 0 bridgehead atoms. The van der Waals surface area contributed by atoms with Gasteiger partial charge in [0.25, 0.3) is 0 Å². The molecule has 0 saturated carbocycles. The molecule has 0 radical (unpaired) electrons. The predicted octanol–water partition coefficient (Wildman–Crippen LogP) is 2.71. The lowest BCUT2D eigenvalue weighted by molar-refractivity contribution is -0.144. The molecule has 0 aliphatic heterocycles. The molecule has 21 heavy (non-hydrogen) atoms. The molecule has 2 aromatic carbocycles. The highest BCUT2D eigenvalue weighted by Gasteiger charge is 2.07. The van der Waals surface area contributed by atoms with E-state index in [2.05, 4.69) is 12.1 Å². The molecule has 0 aliphatic carbocycles. The van der Waals surface area contributed by atoms with E-state index in [0.29, 0.717) is 19.8 Å². The first-order valence-electron chi connectivity index (χ1n) is 7.15. The topological polar surface area (TPSA) is 38.8 Å². The quantitative estimate of drug-likeness (QED) is 0.734. The SMILES string of the molecule is CCOC(=O)CN(C)CCOc1ccc2ccccc2c1.